The molecule has 0 radical (unpaired) electrons. The summed E-state index contributed by atoms with van der Waals surface area (Å²) in [5.41, 5.74) is 6.85. The second-order valence-corrected chi connectivity index (χ2v) is 9.05. The van der Waals surface area contributed by atoms with Crippen molar-refractivity contribution < 1.29 is 4.79 Å². The molecule has 0 spiro atoms. The van der Waals surface area contributed by atoms with Gasteiger partial charge >= 0.3 is 0 Å². The Morgan fingerprint density at radius 3 is 2.65 bits per heavy atom. The number of unbranched alkanes of at least 4 members (excludes halogenated alkanes) is 1. The van der Waals surface area contributed by atoms with Gasteiger partial charge in [-0.2, -0.15) is 0 Å². The maximum absolute atomic E-state index is 13.0. The molecule has 1 fully saturated rings. The van der Waals surface area contributed by atoms with Crippen molar-refractivity contribution in [2.24, 2.45) is 0 Å². The van der Waals surface area contributed by atoms with Crippen molar-refractivity contribution in [1.29, 1.82) is 0 Å². The summed E-state index contributed by atoms with van der Waals surface area (Å²) in [6, 6.07) is 13.1. The summed E-state index contributed by atoms with van der Waals surface area (Å²) in [6.45, 7) is 6.64. The van der Waals surface area contributed by atoms with E-state index in [1.165, 1.54) is 37.2 Å². The minimum Gasteiger partial charge on any atom is -0.372 e. The summed E-state index contributed by atoms with van der Waals surface area (Å²) >= 11 is 0. The first-order chi connectivity index (χ1) is 15.1. The van der Waals surface area contributed by atoms with Gasteiger partial charge in [0, 0.05) is 42.9 Å². The Morgan fingerprint density at radius 1 is 1.10 bits per heavy atom. The molecule has 1 aliphatic heterocycles. The molecule has 0 amide bonds. The lowest BCUT2D eigenvalue weighted by molar-refractivity contribution is -0.115. The molecule has 3 heteroatoms. The van der Waals surface area contributed by atoms with Crippen molar-refractivity contribution in [1.82, 2.24) is 4.98 Å². The summed E-state index contributed by atoms with van der Waals surface area (Å²) in [6.07, 6.45) is 13.3. The molecule has 1 atom stereocenters. The Bertz CT molecular complexity index is 965. The van der Waals surface area contributed by atoms with Gasteiger partial charge in [0.05, 0.1) is 5.69 Å². The maximum atomic E-state index is 13.0. The number of ketones is 1. The predicted octanol–water partition coefficient (Wildman–Crippen LogP) is 6.50. The third-order valence-electron chi connectivity index (χ3n) is 6.67. The van der Waals surface area contributed by atoms with E-state index in [0.29, 0.717) is 12.3 Å². The van der Waals surface area contributed by atoms with Gasteiger partial charge in [0.25, 0.3) is 0 Å². The van der Waals surface area contributed by atoms with Crippen molar-refractivity contribution in [2.75, 3.05) is 18.0 Å². The fourth-order valence-corrected chi connectivity index (χ4v) is 4.71. The molecule has 1 aromatic heterocycles. The lowest BCUT2D eigenvalue weighted by atomic mass is 9.89. The summed E-state index contributed by atoms with van der Waals surface area (Å²) in [7, 11) is 0. The number of Topliss-reactive ketones (excluding diaryl/α,β-unsaturated/α-hetero) is 1. The van der Waals surface area contributed by atoms with E-state index in [1.54, 1.807) is 0 Å². The number of anilines is 1. The highest BCUT2D eigenvalue weighted by Gasteiger charge is 2.18. The van der Waals surface area contributed by atoms with E-state index in [1.807, 2.05) is 12.3 Å². The average molecular weight is 415 g/mol. The number of hydrogen-bond donors (Lipinski definition) is 0. The Kier molecular flexibility index (Phi) is 7.01. The SMILES string of the molecule is CC1=C\CC(C)c2ncccc2/C=C\1C(=O)CCCCc1ccc(N2CCCC2)cc1. The molecule has 1 aromatic carbocycles. The molecule has 1 saturated heterocycles. The fourth-order valence-electron chi connectivity index (χ4n) is 4.71. The van der Waals surface area contributed by atoms with Crippen LogP contribution in [0.25, 0.3) is 6.08 Å². The number of nitrogens with zero attached hydrogens (tertiary/aromatic N) is 2. The van der Waals surface area contributed by atoms with Crippen molar-refractivity contribution in [3.63, 3.8) is 0 Å². The van der Waals surface area contributed by atoms with Crippen LogP contribution in [0.4, 0.5) is 5.69 Å². The zero-order chi connectivity index (χ0) is 21.6. The van der Waals surface area contributed by atoms with Gasteiger partial charge in [0.1, 0.15) is 0 Å². The first-order valence-electron chi connectivity index (χ1n) is 11.8. The van der Waals surface area contributed by atoms with Crippen LogP contribution in [0.15, 0.2) is 59.8 Å². The lowest BCUT2D eigenvalue weighted by Crippen LogP contribution is -2.17. The van der Waals surface area contributed by atoms with E-state index in [4.69, 9.17) is 0 Å². The highest BCUT2D eigenvalue weighted by molar-refractivity contribution is 6.03. The number of rotatable bonds is 7. The minimum absolute atomic E-state index is 0.252. The zero-order valence-corrected chi connectivity index (χ0v) is 18.9. The van der Waals surface area contributed by atoms with E-state index in [-0.39, 0.29) is 5.78 Å². The second-order valence-electron chi connectivity index (χ2n) is 9.05. The highest BCUT2D eigenvalue weighted by Crippen LogP contribution is 2.29. The molecule has 0 saturated carbocycles. The van der Waals surface area contributed by atoms with E-state index < -0.39 is 0 Å². The van der Waals surface area contributed by atoms with Crippen molar-refractivity contribution in [3.05, 3.63) is 76.6 Å². The van der Waals surface area contributed by atoms with Crippen molar-refractivity contribution >= 4 is 17.5 Å². The zero-order valence-electron chi connectivity index (χ0n) is 18.9. The molecule has 4 rings (SSSR count). The Labute approximate surface area is 186 Å². The number of aryl methyl sites for hydroxylation is 1. The van der Waals surface area contributed by atoms with Crippen LogP contribution in [-0.2, 0) is 11.2 Å². The molecule has 2 aliphatic rings. The third kappa shape index (κ3) is 5.33. The average Bonchev–Trinajstić information content (AvgIpc) is 3.33. The molecule has 0 bridgehead atoms. The Hall–Kier alpha value is -2.68. The minimum atomic E-state index is 0.252. The normalized spacial score (nSPS) is 22.0. The standard InChI is InChI=1S/C28H34N2O/c1-21-11-12-22(2)28-24(9-7-17-29-28)20-26(21)27(31)10-4-3-8-23-13-15-25(16-14-23)30-18-5-6-19-30/h7,9,11,13-17,20,22H,3-6,8,10,12,18-19H2,1-2H3/b21-11+,26-20+. The molecule has 31 heavy (non-hydrogen) atoms. The smallest absolute Gasteiger partial charge is 0.163 e. The van der Waals surface area contributed by atoms with E-state index in [9.17, 15) is 4.79 Å². The van der Waals surface area contributed by atoms with Crippen molar-refractivity contribution in [2.45, 2.75) is 64.7 Å². The van der Waals surface area contributed by atoms with Gasteiger partial charge in [0.2, 0.25) is 0 Å². The van der Waals surface area contributed by atoms with Crippen LogP contribution in [0, 0.1) is 0 Å². The molecule has 162 valence electrons. The number of pyridine rings is 1. The van der Waals surface area contributed by atoms with Crippen LogP contribution < -0.4 is 4.90 Å². The molecule has 3 nitrogen and oxygen atoms in total. The van der Waals surface area contributed by atoms with Gasteiger partial charge in [0.15, 0.2) is 5.78 Å². The maximum Gasteiger partial charge on any atom is 0.163 e. The largest absolute Gasteiger partial charge is 0.372 e. The van der Waals surface area contributed by atoms with Crippen molar-refractivity contribution in [3.8, 4) is 0 Å². The van der Waals surface area contributed by atoms with Gasteiger partial charge < -0.3 is 4.90 Å². The summed E-state index contributed by atoms with van der Waals surface area (Å²) < 4.78 is 0. The first kappa shape index (κ1) is 21.5. The Balaban J connectivity index is 1.33. The molecular weight excluding hydrogens is 380 g/mol. The van der Waals surface area contributed by atoms with Crippen LogP contribution in [0.5, 0.6) is 0 Å². The number of hydrogen-bond acceptors (Lipinski definition) is 3. The highest BCUT2D eigenvalue weighted by atomic mass is 16.1. The fraction of sp³-hybridized carbons (Fsp3) is 0.429. The van der Waals surface area contributed by atoms with E-state index >= 15 is 0 Å². The molecule has 2 aromatic rings. The predicted molar refractivity (Wildman–Crippen MR) is 129 cm³/mol. The van der Waals surface area contributed by atoms with Gasteiger partial charge in [-0.05, 0) is 86.4 Å². The monoisotopic (exact) mass is 414 g/mol. The number of carbonyl (C=O) groups is 1. The second kappa shape index (κ2) is 10.1. The Morgan fingerprint density at radius 2 is 1.87 bits per heavy atom. The third-order valence-corrected chi connectivity index (χ3v) is 6.67. The number of benzene rings is 1. The van der Waals surface area contributed by atoms with E-state index in [0.717, 1.165) is 48.1 Å². The molecule has 2 heterocycles. The number of allylic oxidation sites excluding steroid dienone is 3. The summed E-state index contributed by atoms with van der Waals surface area (Å²) in [5.74, 6) is 0.624. The van der Waals surface area contributed by atoms with Gasteiger partial charge in [-0.25, -0.2) is 0 Å². The molecular formula is C28H34N2O. The van der Waals surface area contributed by atoms with Crippen LogP contribution >= 0.6 is 0 Å². The quantitative estimate of drug-likeness (QED) is 0.485. The van der Waals surface area contributed by atoms with Crippen LogP contribution in [-0.4, -0.2) is 23.9 Å². The van der Waals surface area contributed by atoms with E-state index in [2.05, 4.69) is 66.2 Å². The summed E-state index contributed by atoms with van der Waals surface area (Å²) in [4.78, 5) is 20.1. The number of aromatic nitrogens is 1. The summed E-state index contributed by atoms with van der Waals surface area (Å²) in [5, 5.41) is 0. The molecule has 0 N–H and O–H groups in total. The first-order valence-corrected chi connectivity index (χ1v) is 11.8. The van der Waals surface area contributed by atoms with Crippen LogP contribution in [0.1, 0.15) is 75.1 Å². The van der Waals surface area contributed by atoms with Crippen LogP contribution in [0.2, 0.25) is 0 Å². The lowest BCUT2D eigenvalue weighted by Gasteiger charge is -2.18. The molecule has 1 aliphatic carbocycles. The molecule has 1 unspecified atom stereocenters. The number of carbonyl (C=O) groups excluding carboxylic acids is 1. The van der Waals surface area contributed by atoms with Gasteiger partial charge in [-0.1, -0.05) is 31.2 Å². The van der Waals surface area contributed by atoms with Gasteiger partial charge in [-0.3, -0.25) is 9.78 Å². The van der Waals surface area contributed by atoms with Crippen LogP contribution in [0.3, 0.4) is 0 Å². The van der Waals surface area contributed by atoms with Gasteiger partial charge in [-0.15, -0.1) is 0 Å². The number of fused-ring (bicyclic) bond motifs is 1. The topological polar surface area (TPSA) is 33.2 Å².